The van der Waals surface area contributed by atoms with Crippen molar-refractivity contribution in [1.82, 2.24) is 25.5 Å². The third-order valence-electron chi connectivity index (χ3n) is 5.16. The number of Topliss-reactive ketones (excluding diaryl/α,β-unsaturated/α-hetero) is 1. The molecule has 2 aromatic carbocycles. The maximum Gasteiger partial charge on any atom is 0.408 e. The number of rotatable bonds is 10. The van der Waals surface area contributed by atoms with E-state index in [9.17, 15) is 19.5 Å². The number of aromatic nitrogens is 4. The number of hydrogen-bond donors (Lipinski definition) is 2. The molecule has 33 heavy (non-hydrogen) atoms. The number of aryl methyl sites for hydroxylation is 2. The lowest BCUT2D eigenvalue weighted by Gasteiger charge is -2.16. The first-order valence-corrected chi connectivity index (χ1v) is 10.4. The number of amides is 1. The zero-order valence-electron chi connectivity index (χ0n) is 18.4. The van der Waals surface area contributed by atoms with E-state index in [-0.39, 0.29) is 13.2 Å². The van der Waals surface area contributed by atoms with Crippen LogP contribution in [0.25, 0.3) is 0 Å². The lowest BCUT2D eigenvalue weighted by Crippen LogP contribution is -2.44. The maximum absolute atomic E-state index is 12.8. The lowest BCUT2D eigenvalue weighted by molar-refractivity contribution is -0.139. The molecule has 3 aromatic rings. The molecule has 2 N–H and O–H groups in total. The summed E-state index contributed by atoms with van der Waals surface area (Å²) in [6, 6.07) is 13.6. The lowest BCUT2D eigenvalue weighted by atomic mass is 10.00. The summed E-state index contributed by atoms with van der Waals surface area (Å²) >= 11 is 0. The molecule has 0 aliphatic rings. The number of hydrogen-bond acceptors (Lipinski definition) is 7. The summed E-state index contributed by atoms with van der Waals surface area (Å²) < 4.78 is 6.43. The van der Waals surface area contributed by atoms with Gasteiger partial charge in [-0.1, -0.05) is 48.5 Å². The van der Waals surface area contributed by atoms with Gasteiger partial charge in [0.1, 0.15) is 19.2 Å². The third kappa shape index (κ3) is 6.70. The van der Waals surface area contributed by atoms with Crippen LogP contribution < -0.4 is 5.32 Å². The Hall–Kier alpha value is -4.08. The van der Waals surface area contributed by atoms with Crippen LogP contribution in [0.15, 0.2) is 48.5 Å². The summed E-state index contributed by atoms with van der Waals surface area (Å²) in [5.74, 6) is -1.32. The Morgan fingerprint density at radius 1 is 1.06 bits per heavy atom. The predicted molar refractivity (Wildman–Crippen MR) is 117 cm³/mol. The average molecular weight is 451 g/mol. The van der Waals surface area contributed by atoms with E-state index in [2.05, 4.69) is 20.8 Å². The number of carboxylic acid groups (broad SMARTS) is 1. The molecule has 1 heterocycles. The van der Waals surface area contributed by atoms with E-state index in [1.165, 1.54) is 4.68 Å². The van der Waals surface area contributed by atoms with Crippen molar-refractivity contribution in [2.75, 3.05) is 0 Å². The largest absolute Gasteiger partial charge is 0.481 e. The molecular weight excluding hydrogens is 426 g/mol. The minimum atomic E-state index is -1.29. The fourth-order valence-corrected chi connectivity index (χ4v) is 3.34. The van der Waals surface area contributed by atoms with Gasteiger partial charge in [0.05, 0.1) is 6.42 Å². The molecule has 10 heteroatoms. The number of carbonyl (C=O) groups is 3. The molecule has 1 unspecified atom stereocenters. The van der Waals surface area contributed by atoms with Gasteiger partial charge in [-0.25, -0.2) is 9.48 Å². The first-order chi connectivity index (χ1) is 15.8. The summed E-state index contributed by atoms with van der Waals surface area (Å²) in [5, 5.41) is 23.1. The SMILES string of the molecule is Cc1cccc(C)c1Cc1nnnn1CC(=O)C(CC(=O)O)NC(=O)OCc1ccccc1. The molecule has 0 aliphatic carbocycles. The number of alkyl carbamates (subject to hydrolysis) is 1. The molecule has 172 valence electrons. The van der Waals surface area contributed by atoms with Gasteiger partial charge in [-0.05, 0) is 46.5 Å². The second-order valence-corrected chi connectivity index (χ2v) is 7.62. The zero-order chi connectivity index (χ0) is 23.8. The Morgan fingerprint density at radius 3 is 2.42 bits per heavy atom. The monoisotopic (exact) mass is 451 g/mol. The Bertz CT molecular complexity index is 1110. The van der Waals surface area contributed by atoms with Gasteiger partial charge in [0.2, 0.25) is 0 Å². The van der Waals surface area contributed by atoms with Gasteiger partial charge in [0.25, 0.3) is 0 Å². The van der Waals surface area contributed by atoms with Gasteiger partial charge in [-0.15, -0.1) is 5.10 Å². The molecule has 0 radical (unpaired) electrons. The van der Waals surface area contributed by atoms with Crippen LogP contribution in [0.1, 0.15) is 34.5 Å². The van der Waals surface area contributed by atoms with Gasteiger partial charge in [0, 0.05) is 6.42 Å². The second-order valence-electron chi connectivity index (χ2n) is 7.62. The number of tetrazole rings is 1. The highest BCUT2D eigenvalue weighted by Crippen LogP contribution is 2.16. The molecule has 0 saturated carbocycles. The predicted octanol–water partition coefficient (Wildman–Crippen LogP) is 2.22. The Morgan fingerprint density at radius 2 is 1.76 bits per heavy atom. The molecule has 0 saturated heterocycles. The number of ether oxygens (including phenoxy) is 1. The van der Waals surface area contributed by atoms with Crippen LogP contribution in [0.5, 0.6) is 0 Å². The quantitative estimate of drug-likeness (QED) is 0.479. The first kappa shape index (κ1) is 23.6. The van der Waals surface area contributed by atoms with Crippen LogP contribution >= 0.6 is 0 Å². The second kappa shape index (κ2) is 11.0. The van der Waals surface area contributed by atoms with Crippen molar-refractivity contribution in [3.8, 4) is 0 Å². The smallest absolute Gasteiger partial charge is 0.408 e. The number of ketones is 1. The van der Waals surface area contributed by atoms with E-state index < -0.39 is 30.3 Å². The zero-order valence-corrected chi connectivity index (χ0v) is 18.4. The number of carbonyl (C=O) groups excluding carboxylic acids is 2. The van der Waals surface area contributed by atoms with Crippen molar-refractivity contribution >= 4 is 17.8 Å². The van der Waals surface area contributed by atoms with Gasteiger partial charge in [-0.3, -0.25) is 9.59 Å². The standard InChI is InChI=1S/C23H25N5O5/c1-15-7-6-8-16(2)18(15)11-21-25-26-27-28(21)13-20(29)19(12-22(30)31)24-23(32)33-14-17-9-4-3-5-10-17/h3-10,19H,11-14H2,1-2H3,(H,24,32)(H,30,31). The molecule has 1 amide bonds. The molecule has 1 aromatic heterocycles. The number of nitrogens with one attached hydrogen (secondary N) is 1. The number of nitrogens with zero attached hydrogens (tertiary/aromatic N) is 4. The third-order valence-corrected chi connectivity index (χ3v) is 5.16. The van der Waals surface area contributed by atoms with Gasteiger partial charge >= 0.3 is 12.1 Å². The molecule has 0 bridgehead atoms. The van der Waals surface area contributed by atoms with Crippen molar-refractivity contribution in [2.45, 2.75) is 45.9 Å². The van der Waals surface area contributed by atoms with Crippen molar-refractivity contribution in [3.63, 3.8) is 0 Å². The Labute approximate surface area is 190 Å². The summed E-state index contributed by atoms with van der Waals surface area (Å²) in [6.45, 7) is 3.67. The van der Waals surface area contributed by atoms with Crippen molar-refractivity contribution in [1.29, 1.82) is 0 Å². The van der Waals surface area contributed by atoms with Gasteiger partial charge < -0.3 is 15.2 Å². The maximum atomic E-state index is 12.8. The summed E-state index contributed by atoms with van der Waals surface area (Å²) in [6.07, 6.45) is -1.06. The molecular formula is C23H25N5O5. The molecule has 10 nitrogen and oxygen atoms in total. The van der Waals surface area contributed by atoms with Crippen LogP contribution in [0.3, 0.4) is 0 Å². The van der Waals surface area contributed by atoms with E-state index in [4.69, 9.17) is 4.74 Å². The Balaban J connectivity index is 1.66. The van der Waals surface area contributed by atoms with Gasteiger partial charge in [0.15, 0.2) is 11.6 Å². The highest BCUT2D eigenvalue weighted by Gasteiger charge is 2.26. The van der Waals surface area contributed by atoms with Crippen molar-refractivity contribution in [2.24, 2.45) is 0 Å². The van der Waals surface area contributed by atoms with Crippen molar-refractivity contribution in [3.05, 3.63) is 76.6 Å². The van der Waals surface area contributed by atoms with Crippen LogP contribution in [-0.2, 0) is 33.9 Å². The molecule has 0 aliphatic heterocycles. The Kier molecular flexibility index (Phi) is 7.85. The van der Waals surface area contributed by atoms with Crippen LogP contribution in [-0.4, -0.2) is 49.2 Å². The number of carboxylic acids is 1. The molecule has 3 rings (SSSR count). The first-order valence-electron chi connectivity index (χ1n) is 10.4. The van der Waals surface area contributed by atoms with Crippen LogP contribution in [0.4, 0.5) is 4.79 Å². The van der Waals surface area contributed by atoms with Crippen molar-refractivity contribution < 1.29 is 24.2 Å². The topological polar surface area (TPSA) is 136 Å². The summed E-state index contributed by atoms with van der Waals surface area (Å²) in [7, 11) is 0. The highest BCUT2D eigenvalue weighted by atomic mass is 16.5. The number of benzene rings is 2. The van der Waals surface area contributed by atoms with Crippen LogP contribution in [0.2, 0.25) is 0 Å². The van der Waals surface area contributed by atoms with E-state index in [0.29, 0.717) is 12.2 Å². The summed E-state index contributed by atoms with van der Waals surface area (Å²) in [5.41, 5.74) is 3.95. The average Bonchev–Trinajstić information content (AvgIpc) is 3.21. The minimum absolute atomic E-state index is 0.00637. The summed E-state index contributed by atoms with van der Waals surface area (Å²) in [4.78, 5) is 36.3. The molecule has 0 spiro atoms. The van der Waals surface area contributed by atoms with E-state index in [1.807, 2.05) is 38.1 Å². The molecule has 0 fully saturated rings. The van der Waals surface area contributed by atoms with E-state index in [0.717, 1.165) is 22.3 Å². The number of aliphatic carboxylic acids is 1. The normalized spacial score (nSPS) is 11.6. The highest BCUT2D eigenvalue weighted by molar-refractivity contribution is 5.90. The fraction of sp³-hybridized carbons (Fsp3) is 0.304. The molecule has 1 atom stereocenters. The minimum Gasteiger partial charge on any atom is -0.481 e. The van der Waals surface area contributed by atoms with Crippen LogP contribution in [0, 0.1) is 13.8 Å². The van der Waals surface area contributed by atoms with Gasteiger partial charge in [-0.2, -0.15) is 0 Å². The van der Waals surface area contributed by atoms with E-state index >= 15 is 0 Å². The fourth-order valence-electron chi connectivity index (χ4n) is 3.34. The van der Waals surface area contributed by atoms with E-state index in [1.54, 1.807) is 24.3 Å².